The summed E-state index contributed by atoms with van der Waals surface area (Å²) in [6, 6.07) is 9.45. The van der Waals surface area contributed by atoms with Crippen molar-refractivity contribution < 1.29 is 14.3 Å². The van der Waals surface area contributed by atoms with Gasteiger partial charge in [0, 0.05) is 24.4 Å². The number of nitrogens with zero attached hydrogens (tertiary/aromatic N) is 3. The van der Waals surface area contributed by atoms with Gasteiger partial charge in [0.25, 0.3) is 0 Å². The summed E-state index contributed by atoms with van der Waals surface area (Å²) in [7, 11) is 1.63. The van der Waals surface area contributed by atoms with E-state index in [0.29, 0.717) is 18.8 Å². The quantitative estimate of drug-likeness (QED) is 0.380. The van der Waals surface area contributed by atoms with E-state index < -0.39 is 0 Å². The summed E-state index contributed by atoms with van der Waals surface area (Å²) < 4.78 is 7.00. The van der Waals surface area contributed by atoms with E-state index in [1.807, 2.05) is 30.3 Å². The molecule has 0 aliphatic rings. The smallest absolute Gasteiger partial charge is 0.245 e. The average molecular weight is 471 g/mol. The molecule has 1 N–H and O–H groups in total. The van der Waals surface area contributed by atoms with Gasteiger partial charge in [-0.15, -0.1) is 0 Å². The molecule has 0 aliphatic heterocycles. The SMILES string of the molecule is CCCCCC(=O)N(CCCCC)CC(=O)Nc1cc(C(C)(C)C)nn1-c1ccc(OC)cc1. The van der Waals surface area contributed by atoms with Gasteiger partial charge in [-0.2, -0.15) is 5.10 Å². The number of carbonyl (C=O) groups excluding carboxylic acids is 2. The number of aromatic nitrogens is 2. The molecule has 0 radical (unpaired) electrons. The number of amides is 2. The van der Waals surface area contributed by atoms with E-state index >= 15 is 0 Å². The summed E-state index contributed by atoms with van der Waals surface area (Å²) in [5.41, 5.74) is 1.51. The van der Waals surface area contributed by atoms with Gasteiger partial charge in [0.1, 0.15) is 11.6 Å². The lowest BCUT2D eigenvalue weighted by atomic mass is 9.92. The number of benzene rings is 1. The molecule has 0 saturated carbocycles. The van der Waals surface area contributed by atoms with E-state index in [-0.39, 0.29) is 23.8 Å². The molecule has 0 saturated heterocycles. The van der Waals surface area contributed by atoms with Gasteiger partial charge in [-0.1, -0.05) is 60.3 Å². The van der Waals surface area contributed by atoms with Crippen LogP contribution in [-0.4, -0.2) is 46.7 Å². The highest BCUT2D eigenvalue weighted by Crippen LogP contribution is 2.27. The van der Waals surface area contributed by atoms with Crippen molar-refractivity contribution in [2.45, 2.75) is 85.0 Å². The van der Waals surface area contributed by atoms with E-state index in [1.165, 1.54) is 0 Å². The van der Waals surface area contributed by atoms with Crippen molar-refractivity contribution >= 4 is 17.6 Å². The third-order valence-electron chi connectivity index (χ3n) is 5.78. The fourth-order valence-electron chi connectivity index (χ4n) is 3.64. The topological polar surface area (TPSA) is 76.5 Å². The molecule has 0 atom stereocenters. The van der Waals surface area contributed by atoms with E-state index in [2.05, 4.69) is 39.9 Å². The van der Waals surface area contributed by atoms with Crippen LogP contribution in [0.1, 0.15) is 85.3 Å². The molecule has 0 unspecified atom stereocenters. The zero-order valence-electron chi connectivity index (χ0n) is 21.8. The average Bonchev–Trinajstić information content (AvgIpc) is 3.23. The monoisotopic (exact) mass is 470 g/mol. The molecule has 1 heterocycles. The summed E-state index contributed by atoms with van der Waals surface area (Å²) in [4.78, 5) is 27.6. The molecule has 2 aromatic rings. The van der Waals surface area contributed by atoms with E-state index in [9.17, 15) is 9.59 Å². The Labute approximate surface area is 204 Å². The minimum atomic E-state index is -0.213. The Hall–Kier alpha value is -2.83. The van der Waals surface area contributed by atoms with Gasteiger partial charge in [0.05, 0.1) is 25.0 Å². The van der Waals surface area contributed by atoms with E-state index in [1.54, 1.807) is 16.7 Å². The lowest BCUT2D eigenvalue weighted by Crippen LogP contribution is -2.38. The van der Waals surface area contributed by atoms with Crippen molar-refractivity contribution in [1.29, 1.82) is 0 Å². The summed E-state index contributed by atoms with van der Waals surface area (Å²) in [5.74, 6) is 1.18. The van der Waals surface area contributed by atoms with Crippen LogP contribution in [0.5, 0.6) is 5.75 Å². The van der Waals surface area contributed by atoms with Gasteiger partial charge in [-0.25, -0.2) is 4.68 Å². The molecule has 0 spiro atoms. The number of rotatable bonds is 13. The fourth-order valence-corrected chi connectivity index (χ4v) is 3.64. The summed E-state index contributed by atoms with van der Waals surface area (Å²) >= 11 is 0. The first-order valence-corrected chi connectivity index (χ1v) is 12.5. The van der Waals surface area contributed by atoms with Crippen molar-refractivity contribution in [3.05, 3.63) is 36.0 Å². The second-order valence-electron chi connectivity index (χ2n) is 9.80. The summed E-state index contributed by atoms with van der Waals surface area (Å²) in [6.45, 7) is 11.2. The molecular formula is C27H42N4O3. The van der Waals surface area contributed by atoms with Crippen molar-refractivity contribution in [2.75, 3.05) is 25.5 Å². The molecule has 2 rings (SSSR count). The molecule has 188 valence electrons. The van der Waals surface area contributed by atoms with Gasteiger partial charge in [-0.05, 0) is 37.1 Å². The Morgan fingerprint density at radius 2 is 1.68 bits per heavy atom. The summed E-state index contributed by atoms with van der Waals surface area (Å²) in [5, 5.41) is 7.78. The molecule has 7 nitrogen and oxygen atoms in total. The molecule has 0 fully saturated rings. The number of hydrogen-bond acceptors (Lipinski definition) is 4. The normalized spacial score (nSPS) is 11.4. The molecule has 2 amide bonds. The molecule has 34 heavy (non-hydrogen) atoms. The molecule has 7 heteroatoms. The predicted octanol–water partition coefficient (Wildman–Crippen LogP) is 5.72. The maximum absolute atomic E-state index is 13.1. The Morgan fingerprint density at radius 1 is 1.03 bits per heavy atom. The number of anilines is 1. The van der Waals surface area contributed by atoms with Crippen LogP contribution in [0.15, 0.2) is 30.3 Å². The first-order valence-electron chi connectivity index (χ1n) is 12.5. The third-order valence-corrected chi connectivity index (χ3v) is 5.78. The summed E-state index contributed by atoms with van der Waals surface area (Å²) in [6.07, 6.45) is 6.46. The van der Waals surface area contributed by atoms with Crippen molar-refractivity contribution in [3.8, 4) is 11.4 Å². The highest BCUT2D eigenvalue weighted by molar-refractivity contribution is 5.94. The second kappa shape index (κ2) is 13.2. The lowest BCUT2D eigenvalue weighted by molar-refractivity contribution is -0.134. The van der Waals surface area contributed by atoms with Crippen LogP contribution in [-0.2, 0) is 15.0 Å². The zero-order valence-corrected chi connectivity index (χ0v) is 21.8. The van der Waals surface area contributed by atoms with Crippen molar-refractivity contribution in [2.24, 2.45) is 0 Å². The van der Waals surface area contributed by atoms with Gasteiger partial charge < -0.3 is 15.0 Å². The van der Waals surface area contributed by atoms with Crippen LogP contribution in [0.2, 0.25) is 0 Å². The van der Waals surface area contributed by atoms with Gasteiger partial charge >= 0.3 is 0 Å². The molecule has 0 bridgehead atoms. The van der Waals surface area contributed by atoms with Crippen LogP contribution in [0.3, 0.4) is 0 Å². The van der Waals surface area contributed by atoms with E-state index in [4.69, 9.17) is 9.84 Å². The highest BCUT2D eigenvalue weighted by atomic mass is 16.5. The maximum Gasteiger partial charge on any atom is 0.245 e. The molecular weight excluding hydrogens is 428 g/mol. The minimum Gasteiger partial charge on any atom is -0.497 e. The Bertz CT molecular complexity index is 913. The molecule has 1 aromatic heterocycles. The standard InChI is InChI=1S/C27H42N4O3/c1-7-9-11-13-26(33)30(18-12-10-8-2)20-25(32)28-24-19-23(27(3,4)5)29-31(24)21-14-16-22(34-6)17-15-21/h14-17,19H,7-13,18,20H2,1-6H3,(H,28,32). The van der Waals surface area contributed by atoms with Crippen LogP contribution in [0.4, 0.5) is 5.82 Å². The fraction of sp³-hybridized carbons (Fsp3) is 0.593. The van der Waals surface area contributed by atoms with Gasteiger partial charge in [0.2, 0.25) is 11.8 Å². The Morgan fingerprint density at radius 3 is 2.26 bits per heavy atom. The van der Waals surface area contributed by atoms with Crippen LogP contribution < -0.4 is 10.1 Å². The van der Waals surface area contributed by atoms with Gasteiger partial charge in [-0.3, -0.25) is 9.59 Å². The van der Waals surface area contributed by atoms with Crippen LogP contribution >= 0.6 is 0 Å². The van der Waals surface area contributed by atoms with Crippen molar-refractivity contribution in [1.82, 2.24) is 14.7 Å². The minimum absolute atomic E-state index is 0.0489. The predicted molar refractivity (Wildman–Crippen MR) is 138 cm³/mol. The number of hydrogen-bond donors (Lipinski definition) is 1. The number of carbonyl (C=O) groups is 2. The van der Waals surface area contributed by atoms with Crippen LogP contribution in [0, 0.1) is 0 Å². The molecule has 1 aromatic carbocycles. The van der Waals surface area contributed by atoms with Crippen molar-refractivity contribution in [3.63, 3.8) is 0 Å². The van der Waals surface area contributed by atoms with Crippen LogP contribution in [0.25, 0.3) is 5.69 Å². The highest BCUT2D eigenvalue weighted by Gasteiger charge is 2.23. The Balaban J connectivity index is 2.22. The lowest BCUT2D eigenvalue weighted by Gasteiger charge is -2.22. The largest absolute Gasteiger partial charge is 0.497 e. The number of ether oxygens (including phenoxy) is 1. The first kappa shape index (κ1) is 27.4. The Kier molecular flexibility index (Phi) is 10.6. The first-order chi connectivity index (χ1) is 16.2. The van der Waals surface area contributed by atoms with Gasteiger partial charge in [0.15, 0.2) is 0 Å². The number of unbranched alkanes of at least 4 members (excludes halogenated alkanes) is 4. The molecule has 0 aliphatic carbocycles. The maximum atomic E-state index is 13.1. The zero-order chi connectivity index (χ0) is 25.1. The number of nitrogens with one attached hydrogen (secondary N) is 1. The third kappa shape index (κ3) is 8.19. The number of methoxy groups -OCH3 is 1. The van der Waals surface area contributed by atoms with E-state index in [0.717, 1.165) is 55.7 Å². The second-order valence-corrected chi connectivity index (χ2v) is 9.80.